The minimum Gasteiger partial charge on any atom is -0.388 e. The van der Waals surface area contributed by atoms with Crippen molar-refractivity contribution in [1.82, 2.24) is 5.48 Å². The van der Waals surface area contributed by atoms with Crippen LogP contribution < -0.4 is 5.48 Å². The number of hydrogen-bond donors (Lipinski definition) is 4. The molecule has 1 aromatic rings. The van der Waals surface area contributed by atoms with Gasteiger partial charge in [-0.15, -0.1) is 0 Å². The van der Waals surface area contributed by atoms with Crippen LogP contribution >= 0.6 is 0 Å². The summed E-state index contributed by atoms with van der Waals surface area (Å²) in [5, 5.41) is 25.7. The molecule has 0 radical (unpaired) electrons. The Morgan fingerprint density at radius 2 is 2.29 bits per heavy atom. The molecule has 1 aliphatic rings. The minimum absolute atomic E-state index is 0.0176. The van der Waals surface area contributed by atoms with Crippen LogP contribution in [0.5, 0.6) is 0 Å². The SMILES string of the molecule is N=C(NO)c1cccc2c1CC[C@H]2O. The number of fused-ring (bicyclic) bond motifs is 1. The number of aliphatic hydroxyl groups excluding tert-OH is 1. The highest BCUT2D eigenvalue weighted by Crippen LogP contribution is 2.32. The predicted octanol–water partition coefficient (Wildman–Crippen LogP) is 0.970. The molecule has 1 aliphatic carbocycles. The lowest BCUT2D eigenvalue weighted by molar-refractivity contribution is 0.180. The quantitative estimate of drug-likeness (QED) is 0.304. The van der Waals surface area contributed by atoms with Gasteiger partial charge in [0, 0.05) is 5.56 Å². The molecule has 74 valence electrons. The van der Waals surface area contributed by atoms with Crippen molar-refractivity contribution >= 4 is 5.84 Å². The standard InChI is InChI=1S/C10H12N2O2/c11-10(12-14)8-3-1-2-7-6(8)4-5-9(7)13/h1-3,9,13-14H,4-5H2,(H2,11,12)/t9-/m1/s1. The first kappa shape index (κ1) is 9.18. The highest BCUT2D eigenvalue weighted by atomic mass is 16.5. The average molecular weight is 192 g/mol. The molecule has 0 heterocycles. The average Bonchev–Trinajstić information content (AvgIpc) is 2.59. The molecular weight excluding hydrogens is 180 g/mol. The van der Waals surface area contributed by atoms with Gasteiger partial charge in [-0.25, -0.2) is 0 Å². The molecule has 1 aromatic carbocycles. The summed E-state index contributed by atoms with van der Waals surface area (Å²) in [5.41, 5.74) is 4.34. The third-order valence-corrected chi connectivity index (χ3v) is 2.62. The summed E-state index contributed by atoms with van der Waals surface area (Å²) in [7, 11) is 0. The fourth-order valence-electron chi connectivity index (χ4n) is 1.93. The van der Waals surface area contributed by atoms with Crippen molar-refractivity contribution in [2.24, 2.45) is 0 Å². The van der Waals surface area contributed by atoms with E-state index in [1.807, 2.05) is 11.5 Å². The molecule has 2 rings (SSSR count). The fourth-order valence-corrected chi connectivity index (χ4v) is 1.93. The summed E-state index contributed by atoms with van der Waals surface area (Å²) in [5.74, 6) is -0.0176. The van der Waals surface area contributed by atoms with E-state index in [0.717, 1.165) is 17.5 Å². The highest BCUT2D eigenvalue weighted by Gasteiger charge is 2.23. The van der Waals surface area contributed by atoms with Crippen molar-refractivity contribution in [3.8, 4) is 0 Å². The number of benzene rings is 1. The van der Waals surface area contributed by atoms with E-state index in [-0.39, 0.29) is 5.84 Å². The fraction of sp³-hybridized carbons (Fsp3) is 0.300. The minimum atomic E-state index is -0.420. The molecule has 0 saturated heterocycles. The molecule has 0 bridgehead atoms. The Kier molecular flexibility index (Phi) is 2.23. The van der Waals surface area contributed by atoms with E-state index in [9.17, 15) is 5.11 Å². The lowest BCUT2D eigenvalue weighted by atomic mass is 10.0. The van der Waals surface area contributed by atoms with E-state index in [0.29, 0.717) is 12.0 Å². The van der Waals surface area contributed by atoms with Gasteiger partial charge < -0.3 is 5.11 Å². The van der Waals surface area contributed by atoms with Crippen LogP contribution in [-0.2, 0) is 6.42 Å². The van der Waals surface area contributed by atoms with Gasteiger partial charge in [0.05, 0.1) is 6.10 Å². The summed E-state index contributed by atoms with van der Waals surface area (Å²) in [6, 6.07) is 5.41. The topological polar surface area (TPSA) is 76.3 Å². The van der Waals surface area contributed by atoms with Gasteiger partial charge in [-0.2, -0.15) is 0 Å². The van der Waals surface area contributed by atoms with Crippen LogP contribution in [0.4, 0.5) is 0 Å². The zero-order chi connectivity index (χ0) is 10.1. The number of nitrogens with one attached hydrogen (secondary N) is 2. The molecule has 4 N–H and O–H groups in total. The van der Waals surface area contributed by atoms with E-state index >= 15 is 0 Å². The van der Waals surface area contributed by atoms with Crippen molar-refractivity contribution in [2.45, 2.75) is 18.9 Å². The highest BCUT2D eigenvalue weighted by molar-refractivity contribution is 5.97. The van der Waals surface area contributed by atoms with Gasteiger partial charge in [0.1, 0.15) is 5.84 Å². The molecule has 4 heteroatoms. The zero-order valence-corrected chi connectivity index (χ0v) is 7.62. The smallest absolute Gasteiger partial charge is 0.149 e. The number of rotatable bonds is 1. The molecule has 14 heavy (non-hydrogen) atoms. The normalized spacial score (nSPS) is 19.1. The third kappa shape index (κ3) is 1.29. The van der Waals surface area contributed by atoms with Crippen molar-refractivity contribution in [1.29, 1.82) is 5.41 Å². The van der Waals surface area contributed by atoms with Crippen LogP contribution in [0.15, 0.2) is 18.2 Å². The molecular formula is C10H12N2O2. The van der Waals surface area contributed by atoms with Crippen LogP contribution in [-0.4, -0.2) is 16.1 Å². The molecule has 0 aliphatic heterocycles. The Hall–Kier alpha value is -1.39. The molecule has 1 atom stereocenters. The molecule has 0 fully saturated rings. The molecule has 0 unspecified atom stereocenters. The lowest BCUT2D eigenvalue weighted by Crippen LogP contribution is -2.20. The Bertz CT molecular complexity index is 376. The predicted molar refractivity (Wildman–Crippen MR) is 51.5 cm³/mol. The number of aliphatic hydroxyl groups is 1. The van der Waals surface area contributed by atoms with Gasteiger partial charge in [-0.3, -0.25) is 16.1 Å². The van der Waals surface area contributed by atoms with E-state index in [1.165, 1.54) is 0 Å². The second-order valence-corrected chi connectivity index (χ2v) is 3.41. The van der Waals surface area contributed by atoms with Crippen LogP contribution in [0, 0.1) is 5.41 Å². The van der Waals surface area contributed by atoms with Crippen LogP contribution in [0.25, 0.3) is 0 Å². The first-order valence-corrected chi connectivity index (χ1v) is 4.53. The van der Waals surface area contributed by atoms with E-state index in [2.05, 4.69) is 0 Å². The Labute approximate surface area is 81.7 Å². The second kappa shape index (κ2) is 3.40. The summed E-state index contributed by atoms with van der Waals surface area (Å²) in [4.78, 5) is 0. The largest absolute Gasteiger partial charge is 0.388 e. The van der Waals surface area contributed by atoms with Crippen molar-refractivity contribution in [3.63, 3.8) is 0 Å². The Morgan fingerprint density at radius 3 is 3.00 bits per heavy atom. The Morgan fingerprint density at radius 1 is 1.50 bits per heavy atom. The maximum atomic E-state index is 9.61. The lowest BCUT2D eigenvalue weighted by Gasteiger charge is -2.08. The van der Waals surface area contributed by atoms with Gasteiger partial charge in [0.25, 0.3) is 0 Å². The van der Waals surface area contributed by atoms with E-state index in [4.69, 9.17) is 10.6 Å². The first-order valence-electron chi connectivity index (χ1n) is 4.53. The van der Waals surface area contributed by atoms with E-state index < -0.39 is 6.10 Å². The first-order chi connectivity index (χ1) is 6.74. The van der Waals surface area contributed by atoms with Crippen LogP contribution in [0.3, 0.4) is 0 Å². The Balaban J connectivity index is 2.49. The summed E-state index contributed by atoms with van der Waals surface area (Å²) in [6.45, 7) is 0. The summed E-state index contributed by atoms with van der Waals surface area (Å²) < 4.78 is 0. The maximum Gasteiger partial charge on any atom is 0.149 e. The van der Waals surface area contributed by atoms with Crippen molar-refractivity contribution in [3.05, 3.63) is 34.9 Å². The van der Waals surface area contributed by atoms with Gasteiger partial charge >= 0.3 is 0 Å². The summed E-state index contributed by atoms with van der Waals surface area (Å²) >= 11 is 0. The number of hydrogen-bond acceptors (Lipinski definition) is 3. The molecule has 0 saturated carbocycles. The summed E-state index contributed by atoms with van der Waals surface area (Å²) in [6.07, 6.45) is 1.04. The van der Waals surface area contributed by atoms with Crippen LogP contribution in [0.1, 0.15) is 29.2 Å². The third-order valence-electron chi connectivity index (χ3n) is 2.62. The van der Waals surface area contributed by atoms with Crippen molar-refractivity contribution in [2.75, 3.05) is 0 Å². The molecule has 0 spiro atoms. The second-order valence-electron chi connectivity index (χ2n) is 3.41. The van der Waals surface area contributed by atoms with Crippen molar-refractivity contribution < 1.29 is 10.3 Å². The molecule has 4 nitrogen and oxygen atoms in total. The molecule has 0 aromatic heterocycles. The maximum absolute atomic E-state index is 9.61. The van der Waals surface area contributed by atoms with Gasteiger partial charge in [-0.1, -0.05) is 18.2 Å². The molecule has 0 amide bonds. The number of hydroxylamine groups is 1. The van der Waals surface area contributed by atoms with Gasteiger partial charge in [-0.05, 0) is 24.0 Å². The van der Waals surface area contributed by atoms with Gasteiger partial charge in [0.15, 0.2) is 0 Å². The van der Waals surface area contributed by atoms with Gasteiger partial charge in [0.2, 0.25) is 0 Å². The van der Waals surface area contributed by atoms with Crippen LogP contribution in [0.2, 0.25) is 0 Å². The van der Waals surface area contributed by atoms with E-state index in [1.54, 1.807) is 12.1 Å². The monoisotopic (exact) mass is 192 g/mol. The zero-order valence-electron chi connectivity index (χ0n) is 7.62. The number of amidine groups is 1.